The average molecular weight is 236 g/mol. The maximum Gasteiger partial charge on any atom is 0.227 e. The minimum Gasteiger partial charge on any atom is -0.327 e. The summed E-state index contributed by atoms with van der Waals surface area (Å²) < 4.78 is 0. The standard InChI is InChI=1S/C12H20N4O/c1-7(2)10-6-11(16-15-10)14-12(17)5-9(13)8-3-4-8/h6-9H,3-5,13H2,1-2H3,(H2,14,15,16,17). The van der Waals surface area contributed by atoms with Crippen molar-refractivity contribution in [2.75, 3.05) is 5.32 Å². The third-order valence-electron chi connectivity index (χ3n) is 3.14. The van der Waals surface area contributed by atoms with Gasteiger partial charge in [0, 0.05) is 24.2 Å². The summed E-state index contributed by atoms with van der Waals surface area (Å²) in [6.07, 6.45) is 2.71. The largest absolute Gasteiger partial charge is 0.327 e. The molecule has 1 amide bonds. The predicted octanol–water partition coefficient (Wildman–Crippen LogP) is 1.60. The smallest absolute Gasteiger partial charge is 0.227 e. The number of hydrogen-bond acceptors (Lipinski definition) is 3. The zero-order valence-corrected chi connectivity index (χ0v) is 10.4. The van der Waals surface area contributed by atoms with Crippen LogP contribution in [0.5, 0.6) is 0 Å². The zero-order chi connectivity index (χ0) is 12.4. The average Bonchev–Trinajstić information content (AvgIpc) is 2.99. The summed E-state index contributed by atoms with van der Waals surface area (Å²) in [6.45, 7) is 4.14. The van der Waals surface area contributed by atoms with Gasteiger partial charge in [0.15, 0.2) is 5.82 Å². The first-order valence-corrected chi connectivity index (χ1v) is 6.17. The molecule has 0 spiro atoms. The fraction of sp³-hybridized carbons (Fsp3) is 0.667. The van der Waals surface area contributed by atoms with Crippen LogP contribution in [0.15, 0.2) is 6.07 Å². The highest BCUT2D eigenvalue weighted by molar-refractivity contribution is 5.90. The van der Waals surface area contributed by atoms with Crippen LogP contribution in [-0.2, 0) is 4.79 Å². The number of hydrogen-bond donors (Lipinski definition) is 3. The molecule has 1 saturated carbocycles. The minimum absolute atomic E-state index is 0.00138. The normalized spacial score (nSPS) is 17.2. The van der Waals surface area contributed by atoms with E-state index in [1.54, 1.807) is 0 Å². The predicted molar refractivity (Wildman–Crippen MR) is 66.6 cm³/mol. The molecule has 0 aliphatic heterocycles. The molecule has 94 valence electrons. The van der Waals surface area contributed by atoms with Crippen molar-refractivity contribution >= 4 is 11.7 Å². The van der Waals surface area contributed by atoms with Crippen LogP contribution < -0.4 is 11.1 Å². The molecule has 5 nitrogen and oxygen atoms in total. The van der Waals surface area contributed by atoms with Gasteiger partial charge in [-0.3, -0.25) is 9.89 Å². The molecule has 1 aromatic rings. The van der Waals surface area contributed by atoms with Crippen LogP contribution in [0.1, 0.15) is 44.7 Å². The third-order valence-corrected chi connectivity index (χ3v) is 3.14. The first-order chi connectivity index (χ1) is 8.06. The molecule has 0 saturated heterocycles. The molecule has 1 aliphatic carbocycles. The van der Waals surface area contributed by atoms with Gasteiger partial charge in [-0.25, -0.2) is 0 Å². The molecule has 1 atom stereocenters. The number of carbonyl (C=O) groups is 1. The number of rotatable bonds is 5. The molecule has 1 aromatic heterocycles. The Balaban J connectivity index is 1.84. The number of nitrogens with two attached hydrogens (primary N) is 1. The van der Waals surface area contributed by atoms with Crippen molar-refractivity contribution in [1.29, 1.82) is 0 Å². The summed E-state index contributed by atoms with van der Waals surface area (Å²) in [6, 6.07) is 1.86. The SMILES string of the molecule is CC(C)c1cc(NC(=O)CC(N)C2CC2)n[nH]1. The van der Waals surface area contributed by atoms with Gasteiger partial charge in [0.05, 0.1) is 0 Å². The van der Waals surface area contributed by atoms with Gasteiger partial charge < -0.3 is 11.1 Å². The molecule has 2 rings (SSSR count). The number of amides is 1. The third kappa shape index (κ3) is 3.30. The number of aromatic nitrogens is 2. The second-order valence-electron chi connectivity index (χ2n) is 5.12. The molecule has 5 heteroatoms. The van der Waals surface area contributed by atoms with E-state index >= 15 is 0 Å². The number of carbonyl (C=O) groups excluding carboxylic acids is 1. The molecule has 1 heterocycles. The van der Waals surface area contributed by atoms with Crippen LogP contribution >= 0.6 is 0 Å². The second kappa shape index (κ2) is 4.87. The molecule has 1 unspecified atom stereocenters. The van der Waals surface area contributed by atoms with Gasteiger partial charge in [0.1, 0.15) is 0 Å². The van der Waals surface area contributed by atoms with E-state index < -0.39 is 0 Å². The Hall–Kier alpha value is -1.36. The van der Waals surface area contributed by atoms with Crippen LogP contribution in [0.3, 0.4) is 0 Å². The van der Waals surface area contributed by atoms with Gasteiger partial charge in [-0.05, 0) is 24.7 Å². The van der Waals surface area contributed by atoms with Crippen LogP contribution in [0, 0.1) is 5.92 Å². The van der Waals surface area contributed by atoms with Gasteiger partial charge in [-0.1, -0.05) is 13.8 Å². The van der Waals surface area contributed by atoms with Crippen molar-refractivity contribution in [3.8, 4) is 0 Å². The first kappa shape index (κ1) is 12.1. The molecule has 0 aromatic carbocycles. The summed E-state index contributed by atoms with van der Waals surface area (Å²) in [4.78, 5) is 11.7. The lowest BCUT2D eigenvalue weighted by atomic mass is 10.1. The topological polar surface area (TPSA) is 83.8 Å². The fourth-order valence-electron chi connectivity index (χ4n) is 1.80. The Bertz CT molecular complexity index is 395. The van der Waals surface area contributed by atoms with E-state index in [0.29, 0.717) is 24.1 Å². The lowest BCUT2D eigenvalue weighted by Crippen LogP contribution is -2.28. The van der Waals surface area contributed by atoms with Crippen molar-refractivity contribution in [2.24, 2.45) is 11.7 Å². The van der Waals surface area contributed by atoms with Crippen molar-refractivity contribution < 1.29 is 4.79 Å². The summed E-state index contributed by atoms with van der Waals surface area (Å²) >= 11 is 0. The monoisotopic (exact) mass is 236 g/mol. The summed E-state index contributed by atoms with van der Waals surface area (Å²) in [7, 11) is 0. The number of anilines is 1. The highest BCUT2D eigenvalue weighted by atomic mass is 16.1. The number of nitrogens with zero attached hydrogens (tertiary/aromatic N) is 1. The maximum absolute atomic E-state index is 11.7. The van der Waals surface area contributed by atoms with Crippen LogP contribution in [-0.4, -0.2) is 22.1 Å². The van der Waals surface area contributed by atoms with Gasteiger partial charge >= 0.3 is 0 Å². The molecule has 0 bridgehead atoms. The molecule has 17 heavy (non-hydrogen) atoms. The van der Waals surface area contributed by atoms with E-state index in [1.807, 2.05) is 6.07 Å². The van der Waals surface area contributed by atoms with Gasteiger partial charge in [0.25, 0.3) is 0 Å². The van der Waals surface area contributed by atoms with E-state index in [9.17, 15) is 4.79 Å². The van der Waals surface area contributed by atoms with E-state index in [1.165, 1.54) is 0 Å². The van der Waals surface area contributed by atoms with Gasteiger partial charge in [-0.2, -0.15) is 5.10 Å². The zero-order valence-electron chi connectivity index (χ0n) is 10.4. The highest BCUT2D eigenvalue weighted by Crippen LogP contribution is 2.32. The van der Waals surface area contributed by atoms with Gasteiger partial charge in [0.2, 0.25) is 5.91 Å². The number of nitrogens with one attached hydrogen (secondary N) is 2. The van der Waals surface area contributed by atoms with Crippen molar-refractivity contribution in [3.05, 3.63) is 11.8 Å². The molecule has 1 fully saturated rings. The van der Waals surface area contributed by atoms with E-state index in [0.717, 1.165) is 18.5 Å². The highest BCUT2D eigenvalue weighted by Gasteiger charge is 2.29. The van der Waals surface area contributed by atoms with Crippen molar-refractivity contribution in [2.45, 2.75) is 45.1 Å². The van der Waals surface area contributed by atoms with E-state index in [4.69, 9.17) is 5.73 Å². The molecular weight excluding hydrogens is 216 g/mol. The number of aromatic amines is 1. The molecular formula is C12H20N4O. The quantitative estimate of drug-likeness (QED) is 0.726. The Labute approximate surface area is 101 Å². The molecule has 1 aliphatic rings. The summed E-state index contributed by atoms with van der Waals surface area (Å²) in [5.41, 5.74) is 6.92. The maximum atomic E-state index is 11.7. The molecule has 4 N–H and O–H groups in total. The summed E-state index contributed by atoms with van der Waals surface area (Å²) in [5, 5.41) is 9.72. The van der Waals surface area contributed by atoms with Crippen molar-refractivity contribution in [1.82, 2.24) is 10.2 Å². The van der Waals surface area contributed by atoms with E-state index in [-0.39, 0.29) is 11.9 Å². The van der Waals surface area contributed by atoms with Crippen LogP contribution in [0.25, 0.3) is 0 Å². The lowest BCUT2D eigenvalue weighted by molar-refractivity contribution is -0.116. The van der Waals surface area contributed by atoms with Crippen molar-refractivity contribution in [3.63, 3.8) is 0 Å². The van der Waals surface area contributed by atoms with E-state index in [2.05, 4.69) is 29.4 Å². The second-order valence-corrected chi connectivity index (χ2v) is 5.12. The minimum atomic E-state index is -0.0498. The van der Waals surface area contributed by atoms with Crippen LogP contribution in [0.4, 0.5) is 5.82 Å². The first-order valence-electron chi connectivity index (χ1n) is 6.17. The van der Waals surface area contributed by atoms with Crippen LogP contribution in [0.2, 0.25) is 0 Å². The Morgan fingerprint density at radius 3 is 2.88 bits per heavy atom. The Morgan fingerprint density at radius 1 is 1.65 bits per heavy atom. The number of H-pyrrole nitrogens is 1. The summed E-state index contributed by atoms with van der Waals surface area (Å²) in [5.74, 6) is 1.46. The lowest BCUT2D eigenvalue weighted by Gasteiger charge is -2.08. The Kier molecular flexibility index (Phi) is 3.47. The Morgan fingerprint density at radius 2 is 2.35 bits per heavy atom. The molecule has 0 radical (unpaired) electrons. The van der Waals surface area contributed by atoms with Gasteiger partial charge in [-0.15, -0.1) is 0 Å². The fourth-order valence-corrected chi connectivity index (χ4v) is 1.80.